The van der Waals surface area contributed by atoms with Crippen molar-refractivity contribution in [2.45, 2.75) is 50.1 Å². The van der Waals surface area contributed by atoms with Crippen LogP contribution < -0.4 is 5.32 Å². The van der Waals surface area contributed by atoms with Gasteiger partial charge in [-0.25, -0.2) is 4.68 Å². The Bertz CT molecular complexity index is 380. The first-order valence-electron chi connectivity index (χ1n) is 6.74. The molecular formula is C12H23N5S. The Balaban J connectivity index is 2.09. The second-order valence-corrected chi connectivity index (χ2v) is 6.53. The maximum Gasteiger partial charge on any atom is 0.209 e. The van der Waals surface area contributed by atoms with E-state index in [1.807, 2.05) is 18.8 Å². The van der Waals surface area contributed by atoms with Crippen molar-refractivity contribution in [2.75, 3.05) is 6.54 Å². The number of nitrogens with zero attached hydrogens (tertiary/aromatic N) is 4. The minimum atomic E-state index is 0.561. The molecule has 1 N–H and O–H groups in total. The number of rotatable bonds is 4. The second kappa shape index (κ2) is 6.02. The topological polar surface area (TPSA) is 55.6 Å². The molecule has 2 rings (SSSR count). The Morgan fingerprint density at radius 3 is 2.78 bits per heavy atom. The second-order valence-electron chi connectivity index (χ2n) is 5.39. The fraction of sp³-hybridized carbons (Fsp3) is 0.917. The predicted molar refractivity (Wildman–Crippen MR) is 73.5 cm³/mol. The van der Waals surface area contributed by atoms with Crippen molar-refractivity contribution < 1.29 is 0 Å². The fourth-order valence-electron chi connectivity index (χ4n) is 2.93. The fourth-order valence-corrected chi connectivity index (χ4v) is 4.16. The Morgan fingerprint density at radius 1 is 1.39 bits per heavy atom. The van der Waals surface area contributed by atoms with Gasteiger partial charge in [0.2, 0.25) is 5.16 Å². The van der Waals surface area contributed by atoms with E-state index < -0.39 is 0 Å². The van der Waals surface area contributed by atoms with Gasteiger partial charge in [0, 0.05) is 18.3 Å². The van der Waals surface area contributed by atoms with Crippen LogP contribution in [0, 0.1) is 11.8 Å². The van der Waals surface area contributed by atoms with Gasteiger partial charge < -0.3 is 5.32 Å². The summed E-state index contributed by atoms with van der Waals surface area (Å²) >= 11 is 1.82. The van der Waals surface area contributed by atoms with Gasteiger partial charge in [0.05, 0.1) is 0 Å². The van der Waals surface area contributed by atoms with Crippen molar-refractivity contribution in [1.29, 1.82) is 0 Å². The van der Waals surface area contributed by atoms with Crippen LogP contribution in [0.25, 0.3) is 0 Å². The number of aromatic nitrogens is 4. The molecule has 0 aliphatic heterocycles. The van der Waals surface area contributed by atoms with E-state index >= 15 is 0 Å². The summed E-state index contributed by atoms with van der Waals surface area (Å²) in [6.07, 6.45) is 2.55. The van der Waals surface area contributed by atoms with Gasteiger partial charge in [-0.1, -0.05) is 32.5 Å². The van der Waals surface area contributed by atoms with E-state index in [0.29, 0.717) is 17.2 Å². The summed E-state index contributed by atoms with van der Waals surface area (Å²) in [7, 11) is 1.90. The molecule has 1 aromatic rings. The average Bonchev–Trinajstić information content (AvgIpc) is 2.69. The molecule has 6 heteroatoms. The summed E-state index contributed by atoms with van der Waals surface area (Å²) in [4.78, 5) is 0. The van der Waals surface area contributed by atoms with Crippen LogP contribution in [0.5, 0.6) is 0 Å². The van der Waals surface area contributed by atoms with E-state index in [1.54, 1.807) is 4.68 Å². The van der Waals surface area contributed by atoms with Gasteiger partial charge in [-0.15, -0.1) is 5.10 Å². The number of hydrogen-bond donors (Lipinski definition) is 1. The van der Waals surface area contributed by atoms with Crippen molar-refractivity contribution in [1.82, 2.24) is 25.5 Å². The van der Waals surface area contributed by atoms with E-state index in [2.05, 4.69) is 41.6 Å². The summed E-state index contributed by atoms with van der Waals surface area (Å²) in [6, 6.07) is 0.565. The van der Waals surface area contributed by atoms with Gasteiger partial charge in [0.1, 0.15) is 0 Å². The highest BCUT2D eigenvalue weighted by Gasteiger charge is 2.35. The highest BCUT2D eigenvalue weighted by molar-refractivity contribution is 7.99. The van der Waals surface area contributed by atoms with Crippen LogP contribution in [-0.4, -0.2) is 38.0 Å². The largest absolute Gasteiger partial charge is 0.313 e. The lowest BCUT2D eigenvalue weighted by Crippen LogP contribution is -2.46. The Morgan fingerprint density at radius 2 is 2.17 bits per heavy atom. The summed E-state index contributed by atoms with van der Waals surface area (Å²) in [5.74, 6) is 1.50. The first-order chi connectivity index (χ1) is 8.61. The van der Waals surface area contributed by atoms with Crippen molar-refractivity contribution in [3.63, 3.8) is 0 Å². The van der Waals surface area contributed by atoms with Gasteiger partial charge in [-0.05, 0) is 41.6 Å². The van der Waals surface area contributed by atoms with Gasteiger partial charge in [0.15, 0.2) is 0 Å². The summed E-state index contributed by atoms with van der Waals surface area (Å²) in [5, 5.41) is 16.8. The molecule has 4 unspecified atom stereocenters. The third-order valence-corrected chi connectivity index (χ3v) is 5.30. The zero-order chi connectivity index (χ0) is 13.1. The third-order valence-electron chi connectivity index (χ3n) is 3.68. The lowest BCUT2D eigenvalue weighted by molar-refractivity contribution is 0.251. The minimum absolute atomic E-state index is 0.561. The van der Waals surface area contributed by atoms with Crippen LogP contribution in [0.2, 0.25) is 0 Å². The summed E-state index contributed by atoms with van der Waals surface area (Å²) in [5.41, 5.74) is 0. The maximum absolute atomic E-state index is 4.09. The number of thioether (sulfide) groups is 1. The molecule has 0 aromatic carbocycles. The monoisotopic (exact) mass is 269 g/mol. The van der Waals surface area contributed by atoms with Crippen molar-refractivity contribution in [3.05, 3.63) is 0 Å². The van der Waals surface area contributed by atoms with E-state index in [-0.39, 0.29) is 0 Å². The molecule has 0 bridgehead atoms. The molecule has 1 saturated carbocycles. The molecule has 5 nitrogen and oxygen atoms in total. The molecule has 0 radical (unpaired) electrons. The van der Waals surface area contributed by atoms with E-state index in [1.165, 1.54) is 12.8 Å². The van der Waals surface area contributed by atoms with Crippen LogP contribution >= 0.6 is 11.8 Å². The number of tetrazole rings is 1. The van der Waals surface area contributed by atoms with Crippen molar-refractivity contribution in [3.8, 4) is 0 Å². The quantitative estimate of drug-likeness (QED) is 0.902. The van der Waals surface area contributed by atoms with E-state index in [0.717, 1.165) is 17.6 Å². The predicted octanol–water partition coefficient (Wildman–Crippen LogP) is 1.71. The average molecular weight is 269 g/mol. The molecule has 0 amide bonds. The lowest BCUT2D eigenvalue weighted by Gasteiger charge is -2.39. The maximum atomic E-state index is 4.09. The highest BCUT2D eigenvalue weighted by Crippen LogP contribution is 2.38. The normalized spacial score (nSPS) is 32.7. The van der Waals surface area contributed by atoms with Gasteiger partial charge in [0.25, 0.3) is 0 Å². The molecule has 0 saturated heterocycles. The number of hydrogen-bond acceptors (Lipinski definition) is 5. The van der Waals surface area contributed by atoms with Gasteiger partial charge >= 0.3 is 0 Å². The molecule has 1 fully saturated rings. The standard InChI is InChI=1S/C12H23N5S/c1-5-13-10-7-8(2)6-9(3)11(10)18-12-14-15-16-17(12)4/h8-11,13H,5-7H2,1-4H3. The smallest absolute Gasteiger partial charge is 0.209 e. The van der Waals surface area contributed by atoms with Gasteiger partial charge in [-0.3, -0.25) is 0 Å². The molecule has 1 heterocycles. The Labute approximate surface area is 113 Å². The third kappa shape index (κ3) is 3.03. The zero-order valence-electron chi connectivity index (χ0n) is 11.6. The molecule has 4 atom stereocenters. The van der Waals surface area contributed by atoms with Crippen molar-refractivity contribution >= 4 is 11.8 Å². The highest BCUT2D eigenvalue weighted by atomic mass is 32.2. The molecule has 18 heavy (non-hydrogen) atoms. The number of nitrogens with one attached hydrogen (secondary N) is 1. The van der Waals surface area contributed by atoms with Crippen LogP contribution in [-0.2, 0) is 7.05 Å². The summed E-state index contributed by atoms with van der Waals surface area (Å²) in [6.45, 7) is 7.90. The SMILES string of the molecule is CCNC1CC(C)CC(C)C1Sc1nnnn1C. The number of aryl methyl sites for hydroxylation is 1. The first-order valence-corrected chi connectivity index (χ1v) is 7.62. The molecule has 102 valence electrons. The van der Waals surface area contributed by atoms with Gasteiger partial charge in [-0.2, -0.15) is 0 Å². The summed E-state index contributed by atoms with van der Waals surface area (Å²) < 4.78 is 1.76. The van der Waals surface area contributed by atoms with Crippen molar-refractivity contribution in [2.24, 2.45) is 18.9 Å². The minimum Gasteiger partial charge on any atom is -0.313 e. The van der Waals surface area contributed by atoms with Crippen LogP contribution in [0.3, 0.4) is 0 Å². The Hall–Kier alpha value is -0.620. The lowest BCUT2D eigenvalue weighted by atomic mass is 9.80. The van der Waals surface area contributed by atoms with Crippen LogP contribution in [0.4, 0.5) is 0 Å². The van der Waals surface area contributed by atoms with E-state index in [4.69, 9.17) is 0 Å². The van der Waals surface area contributed by atoms with Crippen LogP contribution in [0.1, 0.15) is 33.6 Å². The molecule has 1 aromatic heterocycles. The molecule has 1 aliphatic carbocycles. The van der Waals surface area contributed by atoms with E-state index in [9.17, 15) is 0 Å². The molecule has 0 spiro atoms. The zero-order valence-corrected chi connectivity index (χ0v) is 12.4. The molecule has 1 aliphatic rings. The van der Waals surface area contributed by atoms with Crippen LogP contribution in [0.15, 0.2) is 5.16 Å². The Kier molecular flexibility index (Phi) is 4.61. The molecular weight excluding hydrogens is 246 g/mol. The first kappa shape index (κ1) is 13.8.